The number of rotatable bonds is 9. The van der Waals surface area contributed by atoms with Crippen LogP contribution in [0.15, 0.2) is 91.5 Å². The normalized spacial score (nSPS) is 12.8. The number of carbonyl (C=O) groups excluding carboxylic acids is 1. The van der Waals surface area contributed by atoms with Crippen molar-refractivity contribution in [3.63, 3.8) is 0 Å². The fourth-order valence-corrected chi connectivity index (χ4v) is 4.31. The van der Waals surface area contributed by atoms with Gasteiger partial charge in [0.25, 0.3) is 0 Å². The number of ether oxygens (including phenoxy) is 1. The Morgan fingerprint density at radius 2 is 1.71 bits per heavy atom. The highest BCUT2D eigenvalue weighted by molar-refractivity contribution is 5.89. The van der Waals surface area contributed by atoms with Gasteiger partial charge in [0.15, 0.2) is 0 Å². The van der Waals surface area contributed by atoms with Crippen LogP contribution in [0, 0.1) is 0 Å². The summed E-state index contributed by atoms with van der Waals surface area (Å²) in [5.74, 6) is -0.326. The minimum Gasteiger partial charge on any atom is -0.462 e. The molecule has 2 unspecified atom stereocenters. The van der Waals surface area contributed by atoms with Gasteiger partial charge in [-0.2, -0.15) is 0 Å². The molecular weight excluding hydrogens is 424 g/mol. The van der Waals surface area contributed by atoms with E-state index in [0.29, 0.717) is 12.2 Å². The highest BCUT2D eigenvalue weighted by Crippen LogP contribution is 2.33. The molecule has 0 spiro atoms. The average Bonchev–Trinajstić information content (AvgIpc) is 3.40. The number of hydrogen-bond acceptors (Lipinski definition) is 4. The number of nitrogens with zero attached hydrogens (tertiary/aromatic N) is 2. The van der Waals surface area contributed by atoms with Crippen molar-refractivity contribution in [3.05, 3.63) is 125 Å². The number of benzene rings is 3. The van der Waals surface area contributed by atoms with E-state index in [9.17, 15) is 9.90 Å². The Labute approximate surface area is 200 Å². The molecule has 34 heavy (non-hydrogen) atoms. The lowest BCUT2D eigenvalue weighted by Gasteiger charge is -2.24. The number of carbonyl (C=O) groups is 1. The van der Waals surface area contributed by atoms with Crippen LogP contribution in [-0.4, -0.2) is 27.2 Å². The lowest BCUT2D eigenvalue weighted by molar-refractivity contribution is 0.0526. The summed E-state index contributed by atoms with van der Waals surface area (Å²) < 4.78 is 7.20. The van der Waals surface area contributed by atoms with E-state index in [1.807, 2.05) is 54.7 Å². The molecule has 1 aromatic heterocycles. The van der Waals surface area contributed by atoms with Crippen LogP contribution in [0.5, 0.6) is 0 Å². The molecule has 0 fully saturated rings. The maximum Gasteiger partial charge on any atom is 0.338 e. The summed E-state index contributed by atoms with van der Waals surface area (Å²) in [5, 5.41) is 11.1. The van der Waals surface area contributed by atoms with Crippen LogP contribution in [0.1, 0.15) is 70.6 Å². The molecule has 0 aliphatic carbocycles. The van der Waals surface area contributed by atoms with E-state index in [1.165, 1.54) is 5.56 Å². The standard InChI is InChI=1S/C29H30N2O3/c1-3-8-21-11-16-25(28(32)23-9-6-5-7-10-23)19-26(21)27(31-18-17-30-20-31)22-12-14-24(15-13-22)29(33)34-4-2/h5-7,9-20,27-28,32H,3-4,8H2,1-2H3. The van der Waals surface area contributed by atoms with Crippen LogP contribution in [0.3, 0.4) is 0 Å². The highest BCUT2D eigenvalue weighted by Gasteiger charge is 2.22. The van der Waals surface area contributed by atoms with Gasteiger partial charge in [-0.1, -0.05) is 74.0 Å². The minimum atomic E-state index is -0.717. The first kappa shape index (κ1) is 23.5. The molecule has 0 bridgehead atoms. The van der Waals surface area contributed by atoms with Crippen molar-refractivity contribution < 1.29 is 14.6 Å². The second-order valence-corrected chi connectivity index (χ2v) is 8.28. The molecule has 5 heteroatoms. The van der Waals surface area contributed by atoms with E-state index < -0.39 is 6.10 Å². The first-order valence-electron chi connectivity index (χ1n) is 11.7. The third-order valence-electron chi connectivity index (χ3n) is 5.98. The SMILES string of the molecule is CCCc1ccc(C(O)c2ccccc2)cc1C(c1ccc(C(=O)OCC)cc1)n1ccnc1. The molecule has 0 saturated carbocycles. The van der Waals surface area contributed by atoms with Crippen LogP contribution in [0.4, 0.5) is 0 Å². The van der Waals surface area contributed by atoms with Crippen molar-refractivity contribution in [1.29, 1.82) is 0 Å². The third-order valence-corrected chi connectivity index (χ3v) is 5.98. The average molecular weight is 455 g/mol. The van der Waals surface area contributed by atoms with Gasteiger partial charge >= 0.3 is 5.97 Å². The Bertz CT molecular complexity index is 1200. The topological polar surface area (TPSA) is 64.3 Å². The van der Waals surface area contributed by atoms with Crippen molar-refractivity contribution in [2.45, 2.75) is 38.8 Å². The van der Waals surface area contributed by atoms with Gasteiger partial charge in [0.2, 0.25) is 0 Å². The van der Waals surface area contributed by atoms with E-state index in [4.69, 9.17) is 4.74 Å². The zero-order valence-electron chi connectivity index (χ0n) is 19.6. The van der Waals surface area contributed by atoms with Gasteiger partial charge in [-0.25, -0.2) is 9.78 Å². The Morgan fingerprint density at radius 1 is 0.971 bits per heavy atom. The summed E-state index contributed by atoms with van der Waals surface area (Å²) in [6.45, 7) is 4.31. The summed E-state index contributed by atoms with van der Waals surface area (Å²) >= 11 is 0. The second-order valence-electron chi connectivity index (χ2n) is 8.28. The summed E-state index contributed by atoms with van der Waals surface area (Å²) in [4.78, 5) is 16.4. The van der Waals surface area contributed by atoms with Gasteiger partial charge in [-0.15, -0.1) is 0 Å². The smallest absolute Gasteiger partial charge is 0.338 e. The zero-order chi connectivity index (χ0) is 23.9. The minimum absolute atomic E-state index is 0.150. The highest BCUT2D eigenvalue weighted by atomic mass is 16.5. The summed E-state index contributed by atoms with van der Waals surface area (Å²) in [6, 6.07) is 23.3. The van der Waals surface area contributed by atoms with Gasteiger partial charge in [0, 0.05) is 12.4 Å². The lowest BCUT2D eigenvalue weighted by Crippen LogP contribution is -2.15. The molecule has 1 N–H and O–H groups in total. The Hall–Kier alpha value is -3.70. The first-order chi connectivity index (χ1) is 16.6. The molecule has 1 heterocycles. The van der Waals surface area contributed by atoms with Gasteiger partial charge in [0.05, 0.1) is 24.5 Å². The molecule has 0 radical (unpaired) electrons. The van der Waals surface area contributed by atoms with Gasteiger partial charge in [-0.05, 0) is 53.3 Å². The predicted molar refractivity (Wildman–Crippen MR) is 133 cm³/mol. The van der Waals surface area contributed by atoms with E-state index >= 15 is 0 Å². The molecule has 0 aliphatic heterocycles. The van der Waals surface area contributed by atoms with Crippen LogP contribution >= 0.6 is 0 Å². The van der Waals surface area contributed by atoms with Crippen LogP contribution in [0.25, 0.3) is 0 Å². The fourth-order valence-electron chi connectivity index (χ4n) is 4.31. The number of hydrogen-bond donors (Lipinski definition) is 1. The Morgan fingerprint density at radius 3 is 2.35 bits per heavy atom. The molecule has 0 aliphatic rings. The molecule has 0 amide bonds. The largest absolute Gasteiger partial charge is 0.462 e. The second kappa shape index (κ2) is 10.9. The maximum absolute atomic E-state index is 12.2. The summed E-state index contributed by atoms with van der Waals surface area (Å²) in [7, 11) is 0. The Kier molecular flexibility index (Phi) is 7.55. The monoisotopic (exact) mass is 454 g/mol. The molecule has 5 nitrogen and oxygen atoms in total. The molecule has 0 saturated heterocycles. The molecule has 174 valence electrons. The van der Waals surface area contributed by atoms with Crippen molar-refractivity contribution in [1.82, 2.24) is 9.55 Å². The van der Waals surface area contributed by atoms with Crippen molar-refractivity contribution in [2.24, 2.45) is 0 Å². The summed E-state index contributed by atoms with van der Waals surface area (Å²) in [5.41, 5.74) is 5.58. The lowest BCUT2D eigenvalue weighted by atomic mass is 9.88. The number of esters is 1. The van der Waals surface area contributed by atoms with Crippen molar-refractivity contribution in [2.75, 3.05) is 6.61 Å². The van der Waals surface area contributed by atoms with Gasteiger partial charge in [-0.3, -0.25) is 0 Å². The quantitative estimate of drug-likeness (QED) is 0.328. The van der Waals surface area contributed by atoms with Crippen molar-refractivity contribution in [3.8, 4) is 0 Å². The van der Waals surface area contributed by atoms with Crippen LogP contribution < -0.4 is 0 Å². The van der Waals surface area contributed by atoms with Gasteiger partial charge < -0.3 is 14.4 Å². The maximum atomic E-state index is 12.2. The van der Waals surface area contributed by atoms with E-state index in [-0.39, 0.29) is 12.0 Å². The number of aryl methyl sites for hydroxylation is 1. The Balaban J connectivity index is 1.80. The third kappa shape index (κ3) is 5.10. The van der Waals surface area contributed by atoms with E-state index in [0.717, 1.165) is 35.1 Å². The molecule has 4 rings (SSSR count). The van der Waals surface area contributed by atoms with E-state index in [1.54, 1.807) is 31.6 Å². The molecule has 3 aromatic carbocycles. The van der Waals surface area contributed by atoms with Crippen molar-refractivity contribution >= 4 is 5.97 Å². The van der Waals surface area contributed by atoms with Crippen LogP contribution in [0.2, 0.25) is 0 Å². The molecular formula is C29H30N2O3. The predicted octanol–water partition coefficient (Wildman–Crippen LogP) is 5.73. The number of aliphatic hydroxyl groups is 1. The van der Waals surface area contributed by atoms with Gasteiger partial charge in [0.1, 0.15) is 6.10 Å². The molecule has 4 aromatic rings. The number of aromatic nitrogens is 2. The number of aliphatic hydroxyl groups excluding tert-OH is 1. The fraction of sp³-hybridized carbons (Fsp3) is 0.241. The summed E-state index contributed by atoms with van der Waals surface area (Å²) in [6.07, 6.45) is 6.72. The zero-order valence-corrected chi connectivity index (χ0v) is 19.6. The van der Waals surface area contributed by atoms with Crippen LogP contribution in [-0.2, 0) is 11.2 Å². The number of imidazole rings is 1. The first-order valence-corrected chi connectivity index (χ1v) is 11.7. The van der Waals surface area contributed by atoms with E-state index in [2.05, 4.69) is 28.6 Å². The molecule has 2 atom stereocenters.